The maximum Gasteiger partial charge on any atom is 0.251 e. The van der Waals surface area contributed by atoms with Crippen molar-refractivity contribution in [2.45, 2.75) is 25.7 Å². The highest BCUT2D eigenvalue weighted by molar-refractivity contribution is 5.94. The first-order valence-corrected chi connectivity index (χ1v) is 6.86. The third kappa shape index (κ3) is 2.62. The fraction of sp³-hybridized carbons (Fsp3) is 0.533. The molecule has 3 atom stereocenters. The molecule has 2 bridgehead atoms. The van der Waals surface area contributed by atoms with E-state index in [1.807, 2.05) is 0 Å². The Kier molecular flexibility index (Phi) is 3.25. The van der Waals surface area contributed by atoms with Crippen LogP contribution >= 0.6 is 0 Å². The van der Waals surface area contributed by atoms with Crippen LogP contribution in [-0.4, -0.2) is 12.5 Å². The molecule has 4 heteroatoms. The molecule has 2 saturated carbocycles. The Morgan fingerprint density at radius 1 is 1.16 bits per heavy atom. The van der Waals surface area contributed by atoms with Crippen LogP contribution in [0.25, 0.3) is 0 Å². The first kappa shape index (κ1) is 12.6. The molecule has 102 valence electrons. The van der Waals surface area contributed by atoms with E-state index in [2.05, 4.69) is 5.32 Å². The summed E-state index contributed by atoms with van der Waals surface area (Å²) in [5.41, 5.74) is 0.0562. The van der Waals surface area contributed by atoms with Crippen LogP contribution in [-0.2, 0) is 0 Å². The Morgan fingerprint density at radius 3 is 2.47 bits per heavy atom. The summed E-state index contributed by atoms with van der Waals surface area (Å²) in [4.78, 5) is 11.9. The Balaban J connectivity index is 1.59. The SMILES string of the molecule is O=C(NC[C@@H]1C[C@H]2CC[C@H]1C2)c1cc(F)cc(F)c1. The van der Waals surface area contributed by atoms with Crippen LogP contribution in [0.3, 0.4) is 0 Å². The van der Waals surface area contributed by atoms with Crippen LogP contribution in [0.1, 0.15) is 36.0 Å². The summed E-state index contributed by atoms with van der Waals surface area (Å²) in [7, 11) is 0. The highest BCUT2D eigenvalue weighted by Crippen LogP contribution is 2.47. The van der Waals surface area contributed by atoms with Crippen LogP contribution in [0.5, 0.6) is 0 Å². The molecular formula is C15H17F2NO. The van der Waals surface area contributed by atoms with Crippen molar-refractivity contribution < 1.29 is 13.6 Å². The average molecular weight is 265 g/mol. The summed E-state index contributed by atoms with van der Waals surface area (Å²) in [6, 6.07) is 2.91. The van der Waals surface area contributed by atoms with E-state index in [9.17, 15) is 13.6 Å². The largest absolute Gasteiger partial charge is 0.352 e. The topological polar surface area (TPSA) is 29.1 Å². The van der Waals surface area contributed by atoms with E-state index in [1.165, 1.54) is 25.7 Å². The first-order valence-electron chi connectivity index (χ1n) is 6.86. The van der Waals surface area contributed by atoms with Gasteiger partial charge >= 0.3 is 0 Å². The van der Waals surface area contributed by atoms with E-state index in [1.54, 1.807) is 0 Å². The van der Waals surface area contributed by atoms with Crippen molar-refractivity contribution in [1.82, 2.24) is 5.32 Å². The third-order valence-electron chi connectivity index (χ3n) is 4.53. The predicted molar refractivity (Wildman–Crippen MR) is 67.6 cm³/mol. The molecule has 0 aliphatic heterocycles. The Hall–Kier alpha value is -1.45. The highest BCUT2D eigenvalue weighted by Gasteiger charge is 2.39. The smallest absolute Gasteiger partial charge is 0.251 e. The lowest BCUT2D eigenvalue weighted by molar-refractivity contribution is 0.0941. The van der Waals surface area contributed by atoms with Gasteiger partial charge in [-0.2, -0.15) is 0 Å². The number of carbonyl (C=O) groups excluding carboxylic acids is 1. The van der Waals surface area contributed by atoms with Gasteiger partial charge in [0.25, 0.3) is 5.91 Å². The quantitative estimate of drug-likeness (QED) is 0.893. The summed E-state index contributed by atoms with van der Waals surface area (Å²) in [6.07, 6.45) is 5.06. The molecule has 1 N–H and O–H groups in total. The molecule has 19 heavy (non-hydrogen) atoms. The minimum Gasteiger partial charge on any atom is -0.352 e. The lowest BCUT2D eigenvalue weighted by Gasteiger charge is -2.21. The molecule has 0 saturated heterocycles. The van der Waals surface area contributed by atoms with E-state index < -0.39 is 11.6 Å². The molecule has 0 unspecified atom stereocenters. The second-order valence-corrected chi connectivity index (χ2v) is 5.80. The summed E-state index contributed by atoms with van der Waals surface area (Å²) in [5, 5.41) is 2.81. The molecule has 1 aromatic rings. The van der Waals surface area contributed by atoms with E-state index in [0.29, 0.717) is 12.5 Å². The van der Waals surface area contributed by atoms with Gasteiger partial charge in [0.05, 0.1) is 0 Å². The second-order valence-electron chi connectivity index (χ2n) is 5.80. The maximum absolute atomic E-state index is 13.0. The van der Waals surface area contributed by atoms with Crippen LogP contribution in [0.15, 0.2) is 18.2 Å². The fourth-order valence-corrected chi connectivity index (χ4v) is 3.64. The van der Waals surface area contributed by atoms with Crippen LogP contribution in [0.2, 0.25) is 0 Å². The van der Waals surface area contributed by atoms with Gasteiger partial charge < -0.3 is 5.32 Å². The van der Waals surface area contributed by atoms with E-state index in [-0.39, 0.29) is 11.5 Å². The van der Waals surface area contributed by atoms with Crippen LogP contribution < -0.4 is 5.32 Å². The molecule has 0 radical (unpaired) electrons. The molecule has 0 heterocycles. The zero-order valence-electron chi connectivity index (χ0n) is 10.7. The standard InChI is InChI=1S/C15H17F2NO/c16-13-5-11(6-14(17)7-13)15(19)18-8-12-4-9-1-2-10(12)3-9/h5-7,9-10,12H,1-4,8H2,(H,18,19)/t9-,10-,12-/m0/s1. The zero-order valence-corrected chi connectivity index (χ0v) is 10.7. The van der Waals surface area contributed by atoms with Gasteiger partial charge in [-0.1, -0.05) is 6.42 Å². The van der Waals surface area contributed by atoms with E-state index >= 15 is 0 Å². The number of rotatable bonds is 3. The number of hydrogen-bond acceptors (Lipinski definition) is 1. The molecule has 3 rings (SSSR count). The predicted octanol–water partition coefficient (Wildman–Crippen LogP) is 3.13. The monoisotopic (exact) mass is 265 g/mol. The summed E-state index contributed by atoms with van der Waals surface area (Å²) in [5.74, 6) is 0.283. The average Bonchev–Trinajstić information content (AvgIpc) is 2.96. The van der Waals surface area contributed by atoms with Crippen molar-refractivity contribution in [2.75, 3.05) is 6.54 Å². The van der Waals surface area contributed by atoms with Gasteiger partial charge in [-0.05, 0) is 49.1 Å². The van der Waals surface area contributed by atoms with E-state index in [4.69, 9.17) is 0 Å². The summed E-state index contributed by atoms with van der Waals surface area (Å²) < 4.78 is 26.1. The number of amides is 1. The van der Waals surface area contributed by atoms with Gasteiger partial charge in [-0.3, -0.25) is 4.79 Å². The molecule has 2 aliphatic carbocycles. The van der Waals surface area contributed by atoms with Crippen molar-refractivity contribution in [2.24, 2.45) is 17.8 Å². The van der Waals surface area contributed by atoms with Gasteiger partial charge in [0.2, 0.25) is 0 Å². The minimum absolute atomic E-state index is 0.0562. The lowest BCUT2D eigenvalue weighted by atomic mass is 9.89. The first-order chi connectivity index (χ1) is 9.11. The second kappa shape index (κ2) is 4.91. The minimum atomic E-state index is -0.718. The number of nitrogens with one attached hydrogen (secondary N) is 1. The van der Waals surface area contributed by atoms with Crippen molar-refractivity contribution >= 4 is 5.91 Å². The molecule has 2 fully saturated rings. The van der Waals surface area contributed by atoms with E-state index in [0.717, 1.165) is 30.0 Å². The number of benzene rings is 1. The molecule has 1 amide bonds. The van der Waals surface area contributed by atoms with Gasteiger partial charge in [-0.15, -0.1) is 0 Å². The molecule has 0 aromatic heterocycles. The van der Waals surface area contributed by atoms with Gasteiger partial charge in [0.15, 0.2) is 0 Å². The van der Waals surface area contributed by atoms with Crippen LogP contribution in [0.4, 0.5) is 8.78 Å². The number of fused-ring (bicyclic) bond motifs is 2. The Bertz CT molecular complexity index is 483. The van der Waals surface area contributed by atoms with Crippen molar-refractivity contribution in [1.29, 1.82) is 0 Å². The van der Waals surface area contributed by atoms with Crippen molar-refractivity contribution in [3.8, 4) is 0 Å². The van der Waals surface area contributed by atoms with Crippen molar-refractivity contribution in [3.05, 3.63) is 35.4 Å². The number of carbonyl (C=O) groups is 1. The maximum atomic E-state index is 13.0. The van der Waals surface area contributed by atoms with Crippen molar-refractivity contribution in [3.63, 3.8) is 0 Å². The summed E-state index contributed by atoms with van der Waals surface area (Å²) >= 11 is 0. The van der Waals surface area contributed by atoms with Crippen LogP contribution in [0, 0.1) is 29.4 Å². The fourth-order valence-electron chi connectivity index (χ4n) is 3.64. The van der Waals surface area contributed by atoms with Gasteiger partial charge in [0, 0.05) is 18.2 Å². The summed E-state index contributed by atoms with van der Waals surface area (Å²) in [6.45, 7) is 0.623. The molecule has 2 nitrogen and oxygen atoms in total. The van der Waals surface area contributed by atoms with Gasteiger partial charge in [0.1, 0.15) is 11.6 Å². The Morgan fingerprint density at radius 2 is 1.89 bits per heavy atom. The molecule has 1 aromatic carbocycles. The Labute approximate surface area is 111 Å². The number of halogens is 2. The lowest BCUT2D eigenvalue weighted by Crippen LogP contribution is -2.31. The molecule has 2 aliphatic rings. The molecule has 0 spiro atoms. The third-order valence-corrected chi connectivity index (χ3v) is 4.53. The zero-order chi connectivity index (χ0) is 13.4. The highest BCUT2D eigenvalue weighted by atomic mass is 19.1. The number of hydrogen-bond donors (Lipinski definition) is 1. The normalized spacial score (nSPS) is 28.6. The van der Waals surface area contributed by atoms with Gasteiger partial charge in [-0.25, -0.2) is 8.78 Å². The molecular weight excluding hydrogens is 248 g/mol.